The lowest BCUT2D eigenvalue weighted by Gasteiger charge is -2.27. The highest BCUT2D eigenvalue weighted by molar-refractivity contribution is 5.59. The second kappa shape index (κ2) is 5.19. The highest BCUT2D eigenvalue weighted by atomic mass is 16.6. The highest BCUT2D eigenvalue weighted by Gasteiger charge is 2.33. The third kappa shape index (κ3) is 2.57. The number of nitro groups is 1. The fraction of sp³-hybridized carbons (Fsp3) is 0.769. The maximum atomic E-state index is 11.1. The van der Waals surface area contributed by atoms with Crippen LogP contribution in [-0.2, 0) is 7.05 Å². The van der Waals surface area contributed by atoms with E-state index in [4.69, 9.17) is 0 Å². The van der Waals surface area contributed by atoms with Gasteiger partial charge in [0.15, 0.2) is 0 Å². The summed E-state index contributed by atoms with van der Waals surface area (Å²) >= 11 is 0. The molecule has 106 valence electrons. The van der Waals surface area contributed by atoms with Crippen LogP contribution < -0.4 is 5.32 Å². The summed E-state index contributed by atoms with van der Waals surface area (Å²) < 4.78 is 1.58. The summed E-state index contributed by atoms with van der Waals surface area (Å²) in [6.07, 6.45) is 6.07. The summed E-state index contributed by atoms with van der Waals surface area (Å²) in [5, 5.41) is 18.5. The first kappa shape index (κ1) is 13.8. The Kier molecular flexibility index (Phi) is 3.78. The van der Waals surface area contributed by atoms with Crippen molar-refractivity contribution in [3.05, 3.63) is 15.8 Å². The van der Waals surface area contributed by atoms with Gasteiger partial charge in [-0.25, -0.2) is 4.68 Å². The normalized spacial score (nSPS) is 17.6. The van der Waals surface area contributed by atoms with Crippen molar-refractivity contribution < 1.29 is 4.92 Å². The van der Waals surface area contributed by atoms with Crippen molar-refractivity contribution in [1.82, 2.24) is 9.78 Å². The number of aryl methyl sites for hydroxylation is 2. The van der Waals surface area contributed by atoms with Crippen molar-refractivity contribution in [3.63, 3.8) is 0 Å². The number of aromatic nitrogens is 2. The molecular formula is C13H22N4O2. The Balaban J connectivity index is 2.17. The van der Waals surface area contributed by atoms with Crippen molar-refractivity contribution in [3.8, 4) is 0 Å². The minimum atomic E-state index is -0.349. The van der Waals surface area contributed by atoms with Crippen LogP contribution in [0.4, 0.5) is 11.5 Å². The first-order valence-electron chi connectivity index (χ1n) is 6.91. The van der Waals surface area contributed by atoms with Gasteiger partial charge in [-0.3, -0.25) is 10.1 Å². The van der Waals surface area contributed by atoms with Gasteiger partial charge in [0.1, 0.15) is 5.69 Å². The molecule has 0 bridgehead atoms. The van der Waals surface area contributed by atoms with E-state index in [9.17, 15) is 10.1 Å². The lowest BCUT2D eigenvalue weighted by Crippen LogP contribution is -2.26. The Labute approximate surface area is 113 Å². The molecular weight excluding hydrogens is 244 g/mol. The minimum Gasteiger partial charge on any atom is -0.364 e. The molecule has 0 spiro atoms. The molecule has 0 aliphatic heterocycles. The number of nitrogens with zero attached hydrogens (tertiary/aromatic N) is 3. The molecule has 1 N–H and O–H groups in total. The van der Waals surface area contributed by atoms with Crippen molar-refractivity contribution >= 4 is 11.5 Å². The third-order valence-corrected chi connectivity index (χ3v) is 4.42. The Bertz CT molecular complexity index is 475. The molecule has 1 aliphatic carbocycles. The summed E-state index contributed by atoms with van der Waals surface area (Å²) in [6, 6.07) is 0. The zero-order valence-electron chi connectivity index (χ0n) is 11.9. The Morgan fingerprint density at radius 1 is 1.47 bits per heavy atom. The van der Waals surface area contributed by atoms with Crippen LogP contribution in [-0.4, -0.2) is 21.2 Å². The van der Waals surface area contributed by atoms with Gasteiger partial charge in [0.05, 0.1) is 4.92 Å². The first-order chi connectivity index (χ1) is 8.99. The molecule has 1 heterocycles. The van der Waals surface area contributed by atoms with E-state index in [1.807, 2.05) is 0 Å². The molecule has 1 aromatic rings. The van der Waals surface area contributed by atoms with Gasteiger partial charge in [-0.15, -0.1) is 0 Å². The molecule has 0 atom stereocenters. The molecule has 2 rings (SSSR count). The summed E-state index contributed by atoms with van der Waals surface area (Å²) in [7, 11) is 1.75. The quantitative estimate of drug-likeness (QED) is 0.656. The van der Waals surface area contributed by atoms with Gasteiger partial charge < -0.3 is 5.32 Å². The molecule has 6 heteroatoms. The lowest BCUT2D eigenvalue weighted by molar-refractivity contribution is -0.384. The monoisotopic (exact) mass is 266 g/mol. The van der Waals surface area contributed by atoms with Crippen LogP contribution in [0, 0.1) is 22.5 Å². The van der Waals surface area contributed by atoms with Crippen molar-refractivity contribution in [2.45, 2.75) is 46.0 Å². The van der Waals surface area contributed by atoms with Crippen LogP contribution in [0.3, 0.4) is 0 Å². The van der Waals surface area contributed by atoms with E-state index >= 15 is 0 Å². The Morgan fingerprint density at radius 3 is 2.63 bits per heavy atom. The van der Waals surface area contributed by atoms with Crippen molar-refractivity contribution in [2.75, 3.05) is 11.9 Å². The average Bonchev–Trinajstić information content (AvgIpc) is 2.92. The highest BCUT2D eigenvalue weighted by Crippen LogP contribution is 2.41. The third-order valence-electron chi connectivity index (χ3n) is 4.42. The zero-order valence-corrected chi connectivity index (χ0v) is 11.9. The molecule has 0 aromatic carbocycles. The molecule has 0 radical (unpaired) electrons. The zero-order chi connectivity index (χ0) is 14.0. The number of nitrogens with one attached hydrogen (secondary N) is 1. The number of hydrogen-bond donors (Lipinski definition) is 1. The Hall–Kier alpha value is -1.59. The van der Waals surface area contributed by atoms with Gasteiger partial charge in [-0.2, -0.15) is 5.10 Å². The predicted octanol–water partition coefficient (Wildman–Crippen LogP) is 3.02. The fourth-order valence-corrected chi connectivity index (χ4v) is 3.12. The van der Waals surface area contributed by atoms with E-state index in [1.54, 1.807) is 18.7 Å². The molecule has 0 unspecified atom stereocenters. The molecule has 19 heavy (non-hydrogen) atoms. The second-order valence-electron chi connectivity index (χ2n) is 5.58. The number of anilines is 1. The van der Waals surface area contributed by atoms with Gasteiger partial charge in [-0.1, -0.05) is 19.8 Å². The van der Waals surface area contributed by atoms with Gasteiger partial charge in [0, 0.05) is 13.6 Å². The van der Waals surface area contributed by atoms with Crippen LogP contribution in [0.2, 0.25) is 0 Å². The van der Waals surface area contributed by atoms with E-state index in [-0.39, 0.29) is 10.6 Å². The van der Waals surface area contributed by atoms with Crippen LogP contribution in [0.1, 0.15) is 44.7 Å². The molecule has 1 aromatic heterocycles. The van der Waals surface area contributed by atoms with E-state index < -0.39 is 0 Å². The lowest BCUT2D eigenvalue weighted by atomic mass is 9.83. The maximum Gasteiger partial charge on any atom is 0.333 e. The second-order valence-corrected chi connectivity index (χ2v) is 5.58. The standard InChI is InChI=1S/C13H22N4O2/c1-4-13(7-5-6-8-13)9-14-12-11(17(18)19)10(2)15-16(12)3/h14H,4-9H2,1-3H3. The van der Waals surface area contributed by atoms with Crippen molar-refractivity contribution in [2.24, 2.45) is 12.5 Å². The molecule has 1 aliphatic rings. The van der Waals surface area contributed by atoms with E-state index in [2.05, 4.69) is 17.3 Å². The molecule has 1 fully saturated rings. The predicted molar refractivity (Wildman–Crippen MR) is 74.3 cm³/mol. The first-order valence-corrected chi connectivity index (χ1v) is 6.91. The Morgan fingerprint density at radius 2 is 2.11 bits per heavy atom. The molecule has 0 saturated heterocycles. The number of rotatable bonds is 5. The van der Waals surface area contributed by atoms with Crippen LogP contribution in [0.5, 0.6) is 0 Å². The largest absolute Gasteiger partial charge is 0.364 e. The SMILES string of the molecule is CCC1(CNc2c([N+](=O)[O-])c(C)nn2C)CCCC1. The van der Waals surface area contributed by atoms with Gasteiger partial charge in [0.2, 0.25) is 5.82 Å². The van der Waals surface area contributed by atoms with E-state index in [0.717, 1.165) is 13.0 Å². The minimum absolute atomic E-state index is 0.103. The summed E-state index contributed by atoms with van der Waals surface area (Å²) in [4.78, 5) is 10.8. The van der Waals surface area contributed by atoms with Crippen LogP contribution in [0.15, 0.2) is 0 Å². The van der Waals surface area contributed by atoms with Gasteiger partial charge >= 0.3 is 5.69 Å². The summed E-state index contributed by atoms with van der Waals surface area (Å²) in [5.74, 6) is 0.530. The average molecular weight is 266 g/mol. The van der Waals surface area contributed by atoms with Gasteiger partial charge in [0.25, 0.3) is 0 Å². The molecule has 6 nitrogen and oxygen atoms in total. The van der Waals surface area contributed by atoms with Crippen molar-refractivity contribution in [1.29, 1.82) is 0 Å². The van der Waals surface area contributed by atoms with Crippen LogP contribution >= 0.6 is 0 Å². The topological polar surface area (TPSA) is 73.0 Å². The van der Waals surface area contributed by atoms with E-state index in [0.29, 0.717) is 16.9 Å². The number of hydrogen-bond acceptors (Lipinski definition) is 4. The summed E-state index contributed by atoms with van der Waals surface area (Å²) in [5.41, 5.74) is 0.866. The van der Waals surface area contributed by atoms with Gasteiger partial charge in [-0.05, 0) is 31.6 Å². The molecule has 0 amide bonds. The maximum absolute atomic E-state index is 11.1. The molecule has 1 saturated carbocycles. The smallest absolute Gasteiger partial charge is 0.333 e. The summed E-state index contributed by atoms with van der Waals surface area (Å²) in [6.45, 7) is 4.67. The van der Waals surface area contributed by atoms with E-state index in [1.165, 1.54) is 25.7 Å². The fourth-order valence-electron chi connectivity index (χ4n) is 3.12. The van der Waals surface area contributed by atoms with Crippen LogP contribution in [0.25, 0.3) is 0 Å².